The number of imidazole rings is 1. The highest BCUT2D eigenvalue weighted by molar-refractivity contribution is 7.12. The first-order valence-electron chi connectivity index (χ1n) is 12.9. The number of aromatic carboxylic acids is 1. The maximum Gasteiger partial charge on any atom is 0.335 e. The van der Waals surface area contributed by atoms with Crippen molar-refractivity contribution in [3.05, 3.63) is 98.8 Å². The van der Waals surface area contributed by atoms with E-state index in [-0.39, 0.29) is 52.3 Å². The number of halogens is 3. The van der Waals surface area contributed by atoms with Crippen LogP contribution >= 0.6 is 11.3 Å². The molecule has 5 aromatic rings. The van der Waals surface area contributed by atoms with Crippen molar-refractivity contribution >= 4 is 28.3 Å². The molecule has 1 aliphatic rings. The Labute approximate surface area is 241 Å². The molecular weight excluding hydrogens is 569 g/mol. The van der Waals surface area contributed by atoms with E-state index in [9.17, 15) is 14.3 Å². The zero-order valence-corrected chi connectivity index (χ0v) is 22.6. The topological polar surface area (TPSA) is 110 Å². The minimum atomic E-state index is -1.08. The molecule has 4 heterocycles. The predicted octanol–water partition coefficient (Wildman–Crippen LogP) is 6.11. The summed E-state index contributed by atoms with van der Waals surface area (Å²) in [5, 5.41) is 18.4. The van der Waals surface area contributed by atoms with Crippen molar-refractivity contribution in [2.24, 2.45) is 0 Å². The Balaban J connectivity index is 1.26. The molecule has 1 fully saturated rings. The number of rotatable bonds is 9. The first-order valence-corrected chi connectivity index (χ1v) is 13.7. The Kier molecular flexibility index (Phi) is 7.36. The monoisotopic (exact) mass is 590 g/mol. The van der Waals surface area contributed by atoms with Crippen LogP contribution in [0, 0.1) is 28.8 Å². The molecule has 0 spiro atoms. The molecule has 3 aromatic heterocycles. The zero-order chi connectivity index (χ0) is 29.4. The molecule has 8 nitrogen and oxygen atoms in total. The average molecular weight is 591 g/mol. The fourth-order valence-electron chi connectivity index (χ4n) is 4.72. The van der Waals surface area contributed by atoms with Gasteiger partial charge in [-0.3, -0.25) is 0 Å². The molecule has 1 aliphatic heterocycles. The van der Waals surface area contributed by atoms with Crippen molar-refractivity contribution in [2.45, 2.75) is 32.1 Å². The number of hydrogen-bond donors (Lipinski definition) is 1. The maximum atomic E-state index is 15.4. The standard InChI is InChI=1S/C30H21F3N4O4S/c31-21-12-20(24-2-1-3-29(36-24)41-15-19-11-23(33)27(13-34)42-19)22(32)8-17(21)10-28-35-25-5-4-16(30(38)39)9-26(25)37(28)14-18-6-7-40-18/h1-5,8-9,11-12,18H,6-7,10,14-15H2,(H,38,39)/t18-/m0/s1. The molecule has 42 heavy (non-hydrogen) atoms. The summed E-state index contributed by atoms with van der Waals surface area (Å²) < 4.78 is 57.4. The van der Waals surface area contributed by atoms with E-state index in [0.29, 0.717) is 34.9 Å². The van der Waals surface area contributed by atoms with Crippen LogP contribution in [-0.4, -0.2) is 38.3 Å². The van der Waals surface area contributed by atoms with E-state index in [0.717, 1.165) is 29.9 Å². The van der Waals surface area contributed by atoms with Crippen molar-refractivity contribution in [2.75, 3.05) is 6.61 Å². The van der Waals surface area contributed by atoms with Gasteiger partial charge in [-0.2, -0.15) is 5.26 Å². The van der Waals surface area contributed by atoms with E-state index in [1.54, 1.807) is 22.8 Å². The number of benzene rings is 2. The number of hydrogen-bond acceptors (Lipinski definition) is 7. The number of nitriles is 1. The van der Waals surface area contributed by atoms with Gasteiger partial charge in [0.2, 0.25) is 5.88 Å². The number of ether oxygens (including phenoxy) is 2. The highest BCUT2D eigenvalue weighted by Crippen LogP contribution is 2.29. The molecular formula is C30H21F3N4O4S. The van der Waals surface area contributed by atoms with E-state index in [1.807, 2.05) is 0 Å². The van der Waals surface area contributed by atoms with Gasteiger partial charge in [0, 0.05) is 29.5 Å². The van der Waals surface area contributed by atoms with Crippen molar-refractivity contribution in [1.29, 1.82) is 5.26 Å². The van der Waals surface area contributed by atoms with Gasteiger partial charge in [0.1, 0.15) is 35.0 Å². The second-order valence-corrected chi connectivity index (χ2v) is 10.8. The summed E-state index contributed by atoms with van der Waals surface area (Å²) in [5.74, 6) is -2.50. The van der Waals surface area contributed by atoms with Crippen LogP contribution in [0.5, 0.6) is 5.88 Å². The molecule has 0 unspecified atom stereocenters. The lowest BCUT2D eigenvalue weighted by Crippen LogP contribution is -2.31. The van der Waals surface area contributed by atoms with Crippen LogP contribution < -0.4 is 4.74 Å². The first kappa shape index (κ1) is 27.4. The third-order valence-corrected chi connectivity index (χ3v) is 7.93. The fraction of sp³-hybridized carbons (Fsp3) is 0.200. The van der Waals surface area contributed by atoms with Gasteiger partial charge in [-0.25, -0.2) is 27.9 Å². The minimum absolute atomic E-state index is 0.0362. The lowest BCUT2D eigenvalue weighted by molar-refractivity contribution is -0.0589. The summed E-state index contributed by atoms with van der Waals surface area (Å²) in [7, 11) is 0. The van der Waals surface area contributed by atoms with Crippen LogP contribution in [0.15, 0.2) is 54.6 Å². The van der Waals surface area contributed by atoms with Gasteiger partial charge in [-0.1, -0.05) is 6.07 Å². The average Bonchev–Trinajstić information content (AvgIpc) is 3.49. The largest absolute Gasteiger partial charge is 0.478 e. The molecule has 0 saturated carbocycles. The smallest absolute Gasteiger partial charge is 0.335 e. The summed E-state index contributed by atoms with van der Waals surface area (Å²) in [5.41, 5.74) is 1.36. The van der Waals surface area contributed by atoms with Gasteiger partial charge in [-0.15, -0.1) is 11.3 Å². The summed E-state index contributed by atoms with van der Waals surface area (Å²) in [6, 6.07) is 14.3. The molecule has 0 radical (unpaired) electrons. The Hall–Kier alpha value is -4.73. The van der Waals surface area contributed by atoms with E-state index in [1.165, 1.54) is 30.3 Å². The number of thiophene rings is 1. The van der Waals surface area contributed by atoms with Crippen LogP contribution in [0.2, 0.25) is 0 Å². The van der Waals surface area contributed by atoms with E-state index >= 15 is 8.78 Å². The van der Waals surface area contributed by atoms with Crippen molar-refractivity contribution < 1.29 is 32.5 Å². The molecule has 1 N–H and O–H groups in total. The van der Waals surface area contributed by atoms with Crippen molar-refractivity contribution in [3.63, 3.8) is 0 Å². The van der Waals surface area contributed by atoms with Gasteiger partial charge in [0.05, 0.1) is 34.9 Å². The van der Waals surface area contributed by atoms with Crippen LogP contribution in [0.1, 0.15) is 37.9 Å². The summed E-state index contributed by atoms with van der Waals surface area (Å²) in [6.45, 7) is 0.989. The number of carboxylic acid groups (broad SMARTS) is 1. The number of pyridine rings is 1. The quantitative estimate of drug-likeness (QED) is 0.221. The summed E-state index contributed by atoms with van der Waals surface area (Å²) in [4.78, 5) is 20.8. The van der Waals surface area contributed by atoms with Crippen LogP contribution in [-0.2, 0) is 24.3 Å². The normalized spacial score (nSPS) is 14.5. The van der Waals surface area contributed by atoms with Gasteiger partial charge < -0.3 is 19.1 Å². The number of carboxylic acids is 1. The van der Waals surface area contributed by atoms with Gasteiger partial charge in [0.25, 0.3) is 0 Å². The van der Waals surface area contributed by atoms with Gasteiger partial charge in [-0.05, 0) is 54.4 Å². The lowest BCUT2D eigenvalue weighted by atomic mass is 10.0. The molecule has 1 saturated heterocycles. The molecule has 1 atom stereocenters. The molecule has 212 valence electrons. The highest BCUT2D eigenvalue weighted by Gasteiger charge is 2.24. The molecule has 12 heteroatoms. The Morgan fingerprint density at radius 1 is 1.12 bits per heavy atom. The zero-order valence-electron chi connectivity index (χ0n) is 21.8. The highest BCUT2D eigenvalue weighted by atomic mass is 32.1. The van der Waals surface area contributed by atoms with Crippen LogP contribution in [0.25, 0.3) is 22.3 Å². The number of fused-ring (bicyclic) bond motifs is 1. The molecule has 2 aromatic carbocycles. The second kappa shape index (κ2) is 11.3. The van der Waals surface area contributed by atoms with E-state index < -0.39 is 23.4 Å². The van der Waals surface area contributed by atoms with Crippen molar-refractivity contribution in [1.82, 2.24) is 14.5 Å². The number of carbonyl (C=O) groups is 1. The van der Waals surface area contributed by atoms with Crippen molar-refractivity contribution in [3.8, 4) is 23.2 Å². The number of nitrogens with zero attached hydrogens (tertiary/aromatic N) is 4. The fourth-order valence-corrected chi connectivity index (χ4v) is 5.46. The Morgan fingerprint density at radius 2 is 1.95 bits per heavy atom. The maximum absolute atomic E-state index is 15.4. The van der Waals surface area contributed by atoms with Crippen LogP contribution in [0.4, 0.5) is 13.2 Å². The van der Waals surface area contributed by atoms with Crippen LogP contribution in [0.3, 0.4) is 0 Å². The Morgan fingerprint density at radius 3 is 2.67 bits per heavy atom. The summed E-state index contributed by atoms with van der Waals surface area (Å²) in [6.07, 6.45) is 0.716. The van der Waals surface area contributed by atoms with Gasteiger partial charge >= 0.3 is 5.97 Å². The molecule has 0 bridgehead atoms. The molecule has 0 aliphatic carbocycles. The minimum Gasteiger partial charge on any atom is -0.478 e. The Bertz CT molecular complexity index is 1880. The third kappa shape index (κ3) is 5.44. The third-order valence-electron chi connectivity index (χ3n) is 6.94. The van der Waals surface area contributed by atoms with Gasteiger partial charge in [0.15, 0.2) is 5.82 Å². The lowest BCUT2D eigenvalue weighted by Gasteiger charge is -2.27. The van der Waals surface area contributed by atoms with E-state index in [4.69, 9.17) is 14.7 Å². The first-order chi connectivity index (χ1) is 20.3. The molecule has 0 amide bonds. The molecule has 6 rings (SSSR count). The SMILES string of the molecule is N#Cc1sc(COc2cccc(-c3cc(F)c(Cc4nc5ccc(C(=O)O)cc5n4C[C@@H]4CCO4)cc3F)n2)cc1F. The number of aromatic nitrogens is 3. The van der Waals surface area contributed by atoms with E-state index in [2.05, 4.69) is 9.97 Å². The summed E-state index contributed by atoms with van der Waals surface area (Å²) >= 11 is 0.959. The second-order valence-electron chi connectivity index (χ2n) is 9.68. The predicted molar refractivity (Wildman–Crippen MR) is 147 cm³/mol.